The molecule has 0 radical (unpaired) electrons. The van der Waals surface area contributed by atoms with Gasteiger partial charge in [0.1, 0.15) is 6.04 Å². The molecule has 1 aromatic rings. The van der Waals surface area contributed by atoms with Crippen molar-refractivity contribution in [2.24, 2.45) is 0 Å². The molecular formula is C16H22N2O3. The van der Waals surface area contributed by atoms with E-state index in [9.17, 15) is 9.59 Å². The molecule has 2 rings (SSSR count). The van der Waals surface area contributed by atoms with Gasteiger partial charge < -0.3 is 14.9 Å². The fourth-order valence-electron chi connectivity index (χ4n) is 2.68. The lowest BCUT2D eigenvalue weighted by Gasteiger charge is -2.21. The van der Waals surface area contributed by atoms with E-state index < -0.39 is 12.0 Å². The van der Waals surface area contributed by atoms with Gasteiger partial charge in [-0.3, -0.25) is 4.79 Å². The fraction of sp³-hybridized carbons (Fsp3) is 0.500. The Morgan fingerprint density at radius 3 is 2.52 bits per heavy atom. The second-order valence-electron chi connectivity index (χ2n) is 5.64. The number of carbonyl (C=O) groups is 2. The predicted molar refractivity (Wildman–Crippen MR) is 81.5 cm³/mol. The Labute approximate surface area is 125 Å². The number of hydrogen-bond acceptors (Lipinski definition) is 3. The summed E-state index contributed by atoms with van der Waals surface area (Å²) in [5.74, 6) is -0.951. The Morgan fingerprint density at radius 1 is 1.29 bits per heavy atom. The molecule has 1 N–H and O–H groups in total. The summed E-state index contributed by atoms with van der Waals surface area (Å²) in [5.41, 5.74) is 2.22. The van der Waals surface area contributed by atoms with Crippen LogP contribution >= 0.6 is 0 Å². The number of carbonyl (C=O) groups excluding carboxylic acids is 1. The van der Waals surface area contributed by atoms with Crippen molar-refractivity contribution in [3.8, 4) is 0 Å². The molecule has 1 aliphatic heterocycles. The summed E-state index contributed by atoms with van der Waals surface area (Å²) in [6.07, 6.45) is 2.36. The van der Waals surface area contributed by atoms with Crippen LogP contribution in [0.2, 0.25) is 0 Å². The molecule has 1 fully saturated rings. The lowest BCUT2D eigenvalue weighted by molar-refractivity contribution is -0.148. The summed E-state index contributed by atoms with van der Waals surface area (Å²) in [5, 5.41) is 9.10. The number of nitrogens with zero attached hydrogens (tertiary/aromatic N) is 2. The third kappa shape index (κ3) is 3.74. The first-order chi connectivity index (χ1) is 9.99. The zero-order valence-corrected chi connectivity index (χ0v) is 12.6. The molecule has 0 aromatic heterocycles. The van der Waals surface area contributed by atoms with Crippen molar-refractivity contribution in [3.63, 3.8) is 0 Å². The van der Waals surface area contributed by atoms with Crippen molar-refractivity contribution in [1.82, 2.24) is 4.90 Å². The average Bonchev–Trinajstić information content (AvgIpc) is 2.95. The fourth-order valence-corrected chi connectivity index (χ4v) is 2.68. The Bertz CT molecular complexity index is 511. The van der Waals surface area contributed by atoms with Gasteiger partial charge in [-0.05, 0) is 37.0 Å². The Hall–Kier alpha value is -2.04. The zero-order chi connectivity index (χ0) is 15.4. The number of carboxylic acid groups (broad SMARTS) is 1. The Kier molecular flexibility index (Phi) is 4.83. The SMILES string of the molecule is CN(C)c1ccc(CCC(=O)N2CCC[C@H]2C(=O)O)cc1. The van der Waals surface area contributed by atoms with Gasteiger partial charge in [0.15, 0.2) is 0 Å². The Morgan fingerprint density at radius 2 is 1.95 bits per heavy atom. The first-order valence-electron chi connectivity index (χ1n) is 7.27. The van der Waals surface area contributed by atoms with Crippen LogP contribution < -0.4 is 4.90 Å². The largest absolute Gasteiger partial charge is 0.480 e. The molecule has 1 heterocycles. The topological polar surface area (TPSA) is 60.9 Å². The molecule has 21 heavy (non-hydrogen) atoms. The van der Waals surface area contributed by atoms with Gasteiger partial charge in [0.25, 0.3) is 0 Å². The molecule has 1 aliphatic rings. The zero-order valence-electron chi connectivity index (χ0n) is 12.6. The lowest BCUT2D eigenvalue weighted by atomic mass is 10.1. The van der Waals surface area contributed by atoms with Crippen LogP contribution in [0.5, 0.6) is 0 Å². The maximum absolute atomic E-state index is 12.2. The lowest BCUT2D eigenvalue weighted by Crippen LogP contribution is -2.40. The highest BCUT2D eigenvalue weighted by atomic mass is 16.4. The van der Waals surface area contributed by atoms with E-state index in [0.717, 1.165) is 17.7 Å². The van der Waals surface area contributed by atoms with Gasteiger partial charge in [-0.25, -0.2) is 4.79 Å². The van der Waals surface area contributed by atoms with Gasteiger partial charge in [-0.1, -0.05) is 12.1 Å². The highest BCUT2D eigenvalue weighted by Gasteiger charge is 2.33. The molecular weight excluding hydrogens is 268 g/mol. The first kappa shape index (κ1) is 15.4. The molecule has 114 valence electrons. The highest BCUT2D eigenvalue weighted by Crippen LogP contribution is 2.19. The summed E-state index contributed by atoms with van der Waals surface area (Å²) < 4.78 is 0. The van der Waals surface area contributed by atoms with Gasteiger partial charge >= 0.3 is 5.97 Å². The average molecular weight is 290 g/mol. The second-order valence-corrected chi connectivity index (χ2v) is 5.64. The van der Waals surface area contributed by atoms with Crippen LogP contribution in [0.3, 0.4) is 0 Å². The van der Waals surface area contributed by atoms with E-state index in [1.807, 2.05) is 43.3 Å². The third-order valence-corrected chi connectivity index (χ3v) is 3.94. The number of aliphatic carboxylic acids is 1. The summed E-state index contributed by atoms with van der Waals surface area (Å²) in [4.78, 5) is 26.8. The van der Waals surface area contributed by atoms with E-state index in [2.05, 4.69) is 0 Å². The second kappa shape index (κ2) is 6.61. The van der Waals surface area contributed by atoms with E-state index in [-0.39, 0.29) is 5.91 Å². The van der Waals surface area contributed by atoms with Crippen molar-refractivity contribution in [1.29, 1.82) is 0 Å². The number of hydrogen-bond donors (Lipinski definition) is 1. The van der Waals surface area contributed by atoms with Crippen LogP contribution in [0.25, 0.3) is 0 Å². The molecule has 0 aliphatic carbocycles. The van der Waals surface area contributed by atoms with Crippen molar-refractivity contribution < 1.29 is 14.7 Å². The molecule has 0 saturated carbocycles. The number of amides is 1. The van der Waals surface area contributed by atoms with Crippen LogP contribution in [0.1, 0.15) is 24.8 Å². The van der Waals surface area contributed by atoms with E-state index in [1.54, 1.807) is 0 Å². The van der Waals surface area contributed by atoms with Crippen LogP contribution in [0.4, 0.5) is 5.69 Å². The van der Waals surface area contributed by atoms with E-state index in [0.29, 0.717) is 25.8 Å². The van der Waals surface area contributed by atoms with Gasteiger partial charge in [0.05, 0.1) is 0 Å². The van der Waals surface area contributed by atoms with Gasteiger partial charge in [0.2, 0.25) is 5.91 Å². The first-order valence-corrected chi connectivity index (χ1v) is 7.27. The summed E-state index contributed by atoms with van der Waals surface area (Å²) in [6.45, 7) is 0.565. The van der Waals surface area contributed by atoms with Crippen LogP contribution in [0, 0.1) is 0 Å². The van der Waals surface area contributed by atoms with Gasteiger partial charge in [-0.15, -0.1) is 0 Å². The minimum Gasteiger partial charge on any atom is -0.480 e. The van der Waals surface area contributed by atoms with Crippen molar-refractivity contribution in [2.45, 2.75) is 31.7 Å². The van der Waals surface area contributed by atoms with Crippen LogP contribution in [-0.4, -0.2) is 48.6 Å². The number of benzene rings is 1. The molecule has 1 saturated heterocycles. The van der Waals surface area contributed by atoms with E-state index >= 15 is 0 Å². The molecule has 1 aromatic carbocycles. The summed E-state index contributed by atoms with van der Waals surface area (Å²) >= 11 is 0. The number of aryl methyl sites for hydroxylation is 1. The summed E-state index contributed by atoms with van der Waals surface area (Å²) in [6, 6.07) is 7.45. The quantitative estimate of drug-likeness (QED) is 0.897. The van der Waals surface area contributed by atoms with Crippen molar-refractivity contribution >= 4 is 17.6 Å². The highest BCUT2D eigenvalue weighted by molar-refractivity contribution is 5.84. The maximum atomic E-state index is 12.2. The summed E-state index contributed by atoms with van der Waals surface area (Å²) in [7, 11) is 3.97. The molecule has 1 atom stereocenters. The molecule has 1 amide bonds. The number of likely N-dealkylation sites (tertiary alicyclic amines) is 1. The molecule has 0 unspecified atom stereocenters. The minimum atomic E-state index is -0.892. The molecule has 5 nitrogen and oxygen atoms in total. The predicted octanol–water partition coefficient (Wildman–Crippen LogP) is 1.76. The van der Waals surface area contributed by atoms with Gasteiger partial charge in [0, 0.05) is 32.7 Å². The molecule has 0 bridgehead atoms. The number of rotatable bonds is 5. The smallest absolute Gasteiger partial charge is 0.326 e. The molecule has 0 spiro atoms. The van der Waals surface area contributed by atoms with Crippen molar-refractivity contribution in [2.75, 3.05) is 25.5 Å². The van der Waals surface area contributed by atoms with Crippen LogP contribution in [-0.2, 0) is 16.0 Å². The van der Waals surface area contributed by atoms with Crippen molar-refractivity contribution in [3.05, 3.63) is 29.8 Å². The minimum absolute atomic E-state index is 0.0587. The monoisotopic (exact) mass is 290 g/mol. The molecule has 5 heteroatoms. The van der Waals surface area contributed by atoms with Crippen LogP contribution in [0.15, 0.2) is 24.3 Å². The normalized spacial score (nSPS) is 17.8. The van der Waals surface area contributed by atoms with Gasteiger partial charge in [-0.2, -0.15) is 0 Å². The third-order valence-electron chi connectivity index (χ3n) is 3.94. The van der Waals surface area contributed by atoms with E-state index in [1.165, 1.54) is 4.90 Å². The standard InChI is InChI=1S/C16H22N2O3/c1-17(2)13-8-5-12(6-9-13)7-10-15(19)18-11-3-4-14(18)16(20)21/h5-6,8-9,14H,3-4,7,10-11H2,1-2H3,(H,20,21)/t14-/m0/s1. The maximum Gasteiger partial charge on any atom is 0.326 e. The number of carboxylic acids is 1. The van der Waals surface area contributed by atoms with E-state index in [4.69, 9.17) is 5.11 Å². The number of anilines is 1. The Balaban J connectivity index is 1.90.